The zero-order chi connectivity index (χ0) is 12.5. The molecule has 0 saturated heterocycles. The zero-order valence-electron chi connectivity index (χ0n) is 10.6. The monoisotopic (exact) mass is 262 g/mol. The van der Waals surface area contributed by atoms with Gasteiger partial charge in [-0.15, -0.1) is 11.3 Å². The second-order valence-electron chi connectivity index (χ2n) is 5.24. The van der Waals surface area contributed by atoms with E-state index in [-0.39, 0.29) is 0 Å². The summed E-state index contributed by atoms with van der Waals surface area (Å²) in [7, 11) is 0. The molecule has 2 aromatic heterocycles. The molecule has 2 heterocycles. The molecule has 18 heavy (non-hydrogen) atoms. The molecule has 0 aliphatic heterocycles. The van der Waals surface area contributed by atoms with Crippen molar-refractivity contribution in [3.63, 3.8) is 0 Å². The molecule has 4 heteroatoms. The van der Waals surface area contributed by atoms with E-state index < -0.39 is 0 Å². The Morgan fingerprint density at radius 3 is 2.78 bits per heavy atom. The van der Waals surface area contributed by atoms with Gasteiger partial charge in [-0.25, -0.2) is 0 Å². The molecular formula is C14H18N2OS. The Balaban J connectivity index is 1.93. The minimum atomic E-state index is 0.489. The highest BCUT2D eigenvalue weighted by atomic mass is 32.1. The molecule has 0 atom stereocenters. The third-order valence-corrected chi connectivity index (χ3v) is 4.79. The van der Waals surface area contributed by atoms with Gasteiger partial charge in [0.25, 0.3) is 0 Å². The number of aromatic nitrogens is 1. The topological polar surface area (TPSA) is 52.0 Å². The van der Waals surface area contributed by atoms with Crippen LogP contribution in [0.5, 0.6) is 0 Å². The minimum Gasteiger partial charge on any atom is -0.380 e. The quantitative estimate of drug-likeness (QED) is 0.878. The van der Waals surface area contributed by atoms with Crippen molar-refractivity contribution in [1.29, 1.82) is 0 Å². The van der Waals surface area contributed by atoms with Crippen molar-refractivity contribution in [2.24, 2.45) is 5.92 Å². The average molecular weight is 262 g/mol. The molecule has 1 saturated carbocycles. The molecular weight excluding hydrogens is 244 g/mol. The number of nitrogens with zero attached hydrogens (tertiary/aromatic N) is 1. The molecule has 0 unspecified atom stereocenters. The van der Waals surface area contributed by atoms with Crippen molar-refractivity contribution >= 4 is 17.2 Å². The summed E-state index contributed by atoms with van der Waals surface area (Å²) in [6.07, 6.45) is 4.92. The minimum absolute atomic E-state index is 0.489. The van der Waals surface area contributed by atoms with E-state index in [1.165, 1.54) is 30.6 Å². The number of thiophene rings is 1. The van der Waals surface area contributed by atoms with Crippen molar-refractivity contribution < 1.29 is 4.52 Å². The zero-order valence-corrected chi connectivity index (χ0v) is 11.4. The maximum Gasteiger partial charge on any atom is 0.175 e. The molecule has 3 rings (SSSR count). The van der Waals surface area contributed by atoms with E-state index in [0.717, 1.165) is 17.2 Å². The van der Waals surface area contributed by atoms with Crippen molar-refractivity contribution in [3.05, 3.63) is 23.3 Å². The van der Waals surface area contributed by atoms with E-state index in [1.807, 2.05) is 6.07 Å². The van der Waals surface area contributed by atoms with Gasteiger partial charge < -0.3 is 10.3 Å². The van der Waals surface area contributed by atoms with Gasteiger partial charge in [0, 0.05) is 10.8 Å². The van der Waals surface area contributed by atoms with Crippen LogP contribution in [0.2, 0.25) is 0 Å². The van der Waals surface area contributed by atoms with Crippen molar-refractivity contribution in [3.8, 4) is 10.4 Å². The van der Waals surface area contributed by atoms with Gasteiger partial charge in [0.05, 0.1) is 5.56 Å². The Hall–Kier alpha value is -1.29. The summed E-state index contributed by atoms with van der Waals surface area (Å²) in [4.78, 5) is 1.17. The molecule has 0 bridgehead atoms. The van der Waals surface area contributed by atoms with E-state index in [1.54, 1.807) is 11.3 Å². The van der Waals surface area contributed by atoms with Crippen molar-refractivity contribution in [2.45, 2.75) is 38.5 Å². The molecule has 0 radical (unpaired) electrons. The van der Waals surface area contributed by atoms with Gasteiger partial charge in [-0.2, -0.15) is 0 Å². The summed E-state index contributed by atoms with van der Waals surface area (Å²) < 4.78 is 5.53. The maximum atomic E-state index is 5.97. The molecule has 1 fully saturated rings. The van der Waals surface area contributed by atoms with Gasteiger partial charge in [0.15, 0.2) is 11.6 Å². The Morgan fingerprint density at radius 2 is 2.11 bits per heavy atom. The van der Waals surface area contributed by atoms with E-state index in [4.69, 9.17) is 10.3 Å². The van der Waals surface area contributed by atoms with Crippen LogP contribution in [0.15, 0.2) is 22.0 Å². The highest BCUT2D eigenvalue weighted by molar-refractivity contribution is 7.13. The first-order chi connectivity index (χ1) is 8.75. The fraction of sp³-hybridized carbons (Fsp3) is 0.500. The van der Waals surface area contributed by atoms with E-state index in [2.05, 4.69) is 23.5 Å². The highest BCUT2D eigenvalue weighted by Gasteiger charge is 2.27. The molecule has 1 aliphatic carbocycles. The predicted octanol–water partition coefficient (Wildman–Crippen LogP) is 4.28. The normalized spacial score (nSPS) is 24.3. The van der Waals surface area contributed by atoms with Crippen LogP contribution in [0.4, 0.5) is 5.82 Å². The van der Waals surface area contributed by atoms with Crippen LogP contribution in [-0.4, -0.2) is 5.16 Å². The highest BCUT2D eigenvalue weighted by Crippen LogP contribution is 2.43. The first kappa shape index (κ1) is 11.8. The smallest absolute Gasteiger partial charge is 0.175 e. The van der Waals surface area contributed by atoms with Gasteiger partial charge >= 0.3 is 0 Å². The second kappa shape index (κ2) is 4.76. The van der Waals surface area contributed by atoms with Crippen LogP contribution >= 0.6 is 11.3 Å². The first-order valence-corrected chi connectivity index (χ1v) is 7.42. The summed E-state index contributed by atoms with van der Waals surface area (Å²) >= 11 is 1.69. The lowest BCUT2D eigenvalue weighted by Crippen LogP contribution is -2.10. The van der Waals surface area contributed by atoms with Crippen LogP contribution in [0.3, 0.4) is 0 Å². The third kappa shape index (κ3) is 2.05. The van der Waals surface area contributed by atoms with Gasteiger partial charge in [0.1, 0.15) is 0 Å². The van der Waals surface area contributed by atoms with E-state index >= 15 is 0 Å². The van der Waals surface area contributed by atoms with E-state index in [9.17, 15) is 0 Å². The molecule has 1 aliphatic rings. The Kier molecular flexibility index (Phi) is 3.12. The SMILES string of the molecule is CC1CCC(c2onc(N)c2-c2cccs2)CC1. The van der Waals surface area contributed by atoms with Crippen LogP contribution in [-0.2, 0) is 0 Å². The number of nitrogen functional groups attached to an aromatic ring is 1. The second-order valence-corrected chi connectivity index (χ2v) is 6.19. The van der Waals surface area contributed by atoms with Gasteiger partial charge in [-0.3, -0.25) is 0 Å². The van der Waals surface area contributed by atoms with Gasteiger partial charge in [-0.05, 0) is 30.2 Å². The number of nitrogens with two attached hydrogens (primary N) is 1. The third-order valence-electron chi connectivity index (χ3n) is 3.90. The van der Waals surface area contributed by atoms with Gasteiger partial charge in [0.2, 0.25) is 0 Å². The average Bonchev–Trinajstić information content (AvgIpc) is 2.99. The number of rotatable bonds is 2. The first-order valence-electron chi connectivity index (χ1n) is 6.54. The predicted molar refractivity (Wildman–Crippen MR) is 74.6 cm³/mol. The molecule has 2 aromatic rings. The summed E-state index contributed by atoms with van der Waals surface area (Å²) in [6.45, 7) is 2.32. The lowest BCUT2D eigenvalue weighted by Gasteiger charge is -2.24. The molecule has 0 amide bonds. The summed E-state index contributed by atoms with van der Waals surface area (Å²) in [6, 6.07) is 4.13. The van der Waals surface area contributed by atoms with Crippen molar-refractivity contribution in [1.82, 2.24) is 5.16 Å². The fourth-order valence-electron chi connectivity index (χ4n) is 2.79. The molecule has 2 N–H and O–H groups in total. The summed E-state index contributed by atoms with van der Waals surface area (Å²) in [5.41, 5.74) is 7.00. The van der Waals surface area contributed by atoms with Crippen LogP contribution in [0, 0.1) is 5.92 Å². The molecule has 0 aromatic carbocycles. The number of hydrogen-bond acceptors (Lipinski definition) is 4. The maximum absolute atomic E-state index is 5.97. The van der Waals surface area contributed by atoms with Crippen molar-refractivity contribution in [2.75, 3.05) is 5.73 Å². The summed E-state index contributed by atoms with van der Waals surface area (Å²) in [5.74, 6) is 2.86. The molecule has 96 valence electrons. The Labute approximate surface area is 111 Å². The number of anilines is 1. The molecule has 3 nitrogen and oxygen atoms in total. The van der Waals surface area contributed by atoms with Gasteiger partial charge in [-0.1, -0.05) is 31.0 Å². The van der Waals surface area contributed by atoms with Crippen LogP contribution in [0.25, 0.3) is 10.4 Å². The van der Waals surface area contributed by atoms with Crippen LogP contribution in [0.1, 0.15) is 44.3 Å². The number of hydrogen-bond donors (Lipinski definition) is 1. The standard InChI is InChI=1S/C14H18N2OS/c1-9-4-6-10(7-5-9)13-12(14(15)16-17-13)11-3-2-8-18-11/h2-3,8-10H,4-7H2,1H3,(H2,15,16). The summed E-state index contributed by atoms with van der Waals surface area (Å²) in [5, 5.41) is 6.04. The van der Waals surface area contributed by atoms with Crippen LogP contribution < -0.4 is 5.73 Å². The molecule has 0 spiro atoms. The largest absolute Gasteiger partial charge is 0.380 e. The Bertz CT molecular complexity index is 510. The lowest BCUT2D eigenvalue weighted by molar-refractivity contribution is 0.289. The van der Waals surface area contributed by atoms with E-state index in [0.29, 0.717) is 11.7 Å². The lowest BCUT2D eigenvalue weighted by atomic mass is 9.81. The fourth-order valence-corrected chi connectivity index (χ4v) is 3.57. The Morgan fingerprint density at radius 1 is 1.33 bits per heavy atom.